The van der Waals surface area contributed by atoms with E-state index < -0.39 is 41.5 Å². The van der Waals surface area contributed by atoms with E-state index in [0.29, 0.717) is 23.8 Å². The number of carboxylic acid groups (broad SMARTS) is 1. The summed E-state index contributed by atoms with van der Waals surface area (Å²) in [6, 6.07) is 17.2. The molecule has 1 fully saturated rings. The zero-order valence-electron chi connectivity index (χ0n) is 38.2. The van der Waals surface area contributed by atoms with Gasteiger partial charge in [0, 0.05) is 45.1 Å². The number of aromatic nitrogens is 4. The average Bonchev–Trinajstić information content (AvgIpc) is 4.12. The molecule has 5 atom stereocenters. The third kappa shape index (κ3) is 9.52. The summed E-state index contributed by atoms with van der Waals surface area (Å²) in [6.45, 7) is 15.5. The Balaban J connectivity index is 0.912. The Morgan fingerprint density at radius 2 is 1.59 bits per heavy atom. The molecule has 0 radical (unpaired) electrons. The van der Waals surface area contributed by atoms with Crippen LogP contribution in [-0.2, 0) is 25.6 Å². The fourth-order valence-corrected chi connectivity index (χ4v) is 11.7. The highest BCUT2D eigenvalue weighted by Gasteiger charge is 2.45. The summed E-state index contributed by atoms with van der Waals surface area (Å²) in [7, 11) is 0. The first-order chi connectivity index (χ1) is 31.4. The van der Waals surface area contributed by atoms with Crippen molar-refractivity contribution in [1.82, 2.24) is 35.3 Å². The number of carbonyl (C=O) groups excluding carboxylic acids is 3. The van der Waals surface area contributed by atoms with E-state index in [1.54, 1.807) is 34.0 Å². The van der Waals surface area contributed by atoms with Crippen molar-refractivity contribution in [3.05, 3.63) is 116 Å². The first-order valence-electron chi connectivity index (χ1n) is 22.0. The smallest absolute Gasteiger partial charge is 0.306 e. The van der Waals surface area contributed by atoms with Crippen LogP contribution in [0.1, 0.15) is 108 Å². The van der Waals surface area contributed by atoms with Gasteiger partial charge in [-0.2, -0.15) is 0 Å². The van der Waals surface area contributed by atoms with Crippen molar-refractivity contribution in [3.8, 4) is 25.9 Å². The van der Waals surface area contributed by atoms with Crippen LogP contribution in [0.25, 0.3) is 25.9 Å². The van der Waals surface area contributed by atoms with E-state index in [4.69, 9.17) is 4.99 Å². The first kappa shape index (κ1) is 46.6. The molecule has 0 unspecified atom stereocenters. The zero-order valence-corrected chi connectivity index (χ0v) is 40.7. The largest absolute Gasteiger partial charge is 0.481 e. The Labute approximate surface area is 395 Å². The number of thiazole rings is 1. The molecule has 2 aromatic carbocycles. The zero-order chi connectivity index (χ0) is 47.2. The molecule has 17 heteroatoms. The topological polar surface area (TPSA) is 192 Å². The molecule has 6 heterocycles. The Kier molecular flexibility index (Phi) is 13.3. The maximum absolute atomic E-state index is 14.3. The predicted molar refractivity (Wildman–Crippen MR) is 259 cm³/mol. The van der Waals surface area contributed by atoms with Gasteiger partial charge in [0.05, 0.1) is 40.4 Å². The highest BCUT2D eigenvalue weighted by Crippen LogP contribution is 2.40. The highest BCUT2D eigenvalue weighted by atomic mass is 32.1. The van der Waals surface area contributed by atoms with E-state index in [2.05, 4.69) is 39.7 Å². The maximum Gasteiger partial charge on any atom is 0.306 e. The number of benzene rings is 2. The van der Waals surface area contributed by atoms with Gasteiger partial charge in [-0.15, -0.1) is 44.2 Å². The third-order valence-electron chi connectivity index (χ3n) is 12.4. The second-order valence-corrected chi connectivity index (χ2v) is 21.4. The monoisotopic (exact) mass is 946 g/mol. The summed E-state index contributed by atoms with van der Waals surface area (Å²) < 4.78 is 1.94. The number of hydrogen-bond donors (Lipinski definition) is 4. The van der Waals surface area contributed by atoms with Gasteiger partial charge < -0.3 is 25.7 Å². The Morgan fingerprint density at radius 3 is 2.26 bits per heavy atom. The number of nitrogens with zero attached hydrogens (tertiary/aromatic N) is 6. The van der Waals surface area contributed by atoms with E-state index in [9.17, 15) is 29.4 Å². The van der Waals surface area contributed by atoms with Crippen LogP contribution in [0.4, 0.5) is 0 Å². The van der Waals surface area contributed by atoms with Crippen LogP contribution >= 0.6 is 34.0 Å². The van der Waals surface area contributed by atoms with Crippen molar-refractivity contribution in [1.29, 1.82) is 0 Å². The average molecular weight is 947 g/mol. The number of aliphatic carboxylic acids is 1. The number of thiophene rings is 2. The standard InChI is InChI=1S/C49H54N8O6S3/c1-25-28(4)65-48-41(25)42(52-36(22-40(60)61)45-55-54-29(5)57(45)48)32-13-11-31(12-14-32)38-19-17-35(66-38)18-20-39(59)53-44(49(6,7)8)47(63)56-23-34(58)21-37(56)46(62)51-26(2)30-9-15-33(16-10-30)43-27(3)50-24-64-43/h9-17,19,24,26,34,36-37,44,58H,18,20-23H2,1-8H3,(H,51,62)(H,53,59)(H,60,61)/t26-,34+,36-,37-,44+/m0/s1. The number of amides is 3. The molecule has 14 nitrogen and oxygen atoms in total. The summed E-state index contributed by atoms with van der Waals surface area (Å²) in [5, 5.41) is 36.1. The predicted octanol–water partition coefficient (Wildman–Crippen LogP) is 8.08. The number of aliphatic hydroxyl groups is 1. The lowest BCUT2D eigenvalue weighted by atomic mass is 9.85. The third-order valence-corrected chi connectivity index (χ3v) is 15.7. The lowest BCUT2D eigenvalue weighted by Gasteiger charge is -2.35. The lowest BCUT2D eigenvalue weighted by molar-refractivity contribution is -0.144. The van der Waals surface area contributed by atoms with Gasteiger partial charge in [-0.25, -0.2) is 4.98 Å². The van der Waals surface area contributed by atoms with Gasteiger partial charge in [-0.1, -0.05) is 69.3 Å². The van der Waals surface area contributed by atoms with E-state index in [1.807, 2.05) is 112 Å². The Morgan fingerprint density at radius 1 is 0.894 bits per heavy atom. The van der Waals surface area contributed by atoms with Crippen LogP contribution in [0, 0.1) is 33.1 Å². The number of fused-ring (bicyclic) bond motifs is 3. The van der Waals surface area contributed by atoms with Gasteiger partial charge >= 0.3 is 5.97 Å². The Hall–Kier alpha value is -5.88. The molecule has 2 aliphatic rings. The number of likely N-dealkylation sites (tertiary alicyclic amines) is 1. The summed E-state index contributed by atoms with van der Waals surface area (Å²) >= 11 is 4.78. The number of carboxylic acids is 1. The maximum atomic E-state index is 14.3. The van der Waals surface area contributed by atoms with Crippen LogP contribution in [0.2, 0.25) is 0 Å². The summed E-state index contributed by atoms with van der Waals surface area (Å²) in [6.07, 6.45) is -0.387. The van der Waals surface area contributed by atoms with E-state index in [-0.39, 0.29) is 43.7 Å². The van der Waals surface area contributed by atoms with E-state index in [0.717, 1.165) is 63.6 Å². The summed E-state index contributed by atoms with van der Waals surface area (Å²) in [5.74, 6) is -0.837. The first-order valence-corrected chi connectivity index (χ1v) is 24.5. The molecule has 6 aromatic rings. The highest BCUT2D eigenvalue weighted by molar-refractivity contribution is 7.15. The van der Waals surface area contributed by atoms with Crippen molar-refractivity contribution in [3.63, 3.8) is 0 Å². The molecule has 8 rings (SSSR count). The number of aliphatic imine (C=N–C) groups is 1. The molecular weight excluding hydrogens is 893 g/mol. The molecule has 0 saturated carbocycles. The van der Waals surface area contributed by atoms with Gasteiger partial charge in [-0.3, -0.25) is 28.7 Å². The minimum absolute atomic E-state index is 0.00729. The van der Waals surface area contributed by atoms with Crippen LogP contribution in [0.15, 0.2) is 71.2 Å². The molecule has 2 aliphatic heterocycles. The molecule has 4 N–H and O–H groups in total. The van der Waals surface area contributed by atoms with E-state index in [1.165, 1.54) is 4.90 Å². The van der Waals surface area contributed by atoms with Crippen molar-refractivity contribution in [2.24, 2.45) is 10.4 Å². The Bertz CT molecular complexity index is 2830. The summed E-state index contributed by atoms with van der Waals surface area (Å²) in [4.78, 5) is 68.6. The van der Waals surface area contributed by atoms with Crippen LogP contribution in [0.3, 0.4) is 0 Å². The molecule has 0 spiro atoms. The van der Waals surface area contributed by atoms with Gasteiger partial charge in [-0.05, 0) is 80.8 Å². The molecule has 0 bridgehead atoms. The minimum atomic E-state index is -0.970. The van der Waals surface area contributed by atoms with Crippen molar-refractivity contribution in [2.75, 3.05) is 6.54 Å². The molecular formula is C49H54N8O6S3. The van der Waals surface area contributed by atoms with Crippen LogP contribution in [0.5, 0.6) is 0 Å². The quantitative estimate of drug-likeness (QED) is 0.0886. The number of nitrogens with one attached hydrogen (secondary N) is 2. The molecule has 1 saturated heterocycles. The number of hydrogen-bond acceptors (Lipinski definition) is 12. The number of aryl methyl sites for hydroxylation is 4. The molecule has 66 heavy (non-hydrogen) atoms. The van der Waals surface area contributed by atoms with Gasteiger partial charge in [0.15, 0.2) is 5.82 Å². The van der Waals surface area contributed by atoms with Gasteiger partial charge in [0.1, 0.15) is 29.0 Å². The number of carbonyl (C=O) groups is 4. The number of aliphatic hydroxyl groups excluding tert-OH is 1. The van der Waals surface area contributed by atoms with Crippen molar-refractivity contribution >= 4 is 63.4 Å². The van der Waals surface area contributed by atoms with Gasteiger partial charge in [0.25, 0.3) is 0 Å². The second-order valence-electron chi connectivity index (χ2n) is 18.2. The minimum Gasteiger partial charge on any atom is -0.481 e. The number of rotatable bonds is 13. The van der Waals surface area contributed by atoms with Gasteiger partial charge in [0.2, 0.25) is 17.7 Å². The fraction of sp³-hybridized carbons (Fsp3) is 0.388. The second kappa shape index (κ2) is 18.8. The van der Waals surface area contributed by atoms with Crippen molar-refractivity contribution in [2.45, 2.75) is 111 Å². The van der Waals surface area contributed by atoms with E-state index >= 15 is 0 Å². The van der Waals surface area contributed by atoms with Crippen LogP contribution < -0.4 is 10.6 Å². The lowest BCUT2D eigenvalue weighted by Crippen LogP contribution is -2.57. The fourth-order valence-electron chi connectivity index (χ4n) is 8.64. The van der Waals surface area contributed by atoms with Crippen molar-refractivity contribution < 1.29 is 29.4 Å². The normalized spacial score (nSPS) is 17.9. The summed E-state index contributed by atoms with van der Waals surface area (Å²) in [5.41, 5.74) is 8.64. The molecule has 0 aliphatic carbocycles. The number of β-amino-alcohol motifs (C(OH)–C–C–N with tert-alkyl or cyclic N) is 1. The molecule has 3 amide bonds. The SMILES string of the molecule is Cc1ncsc1-c1ccc([C@H](C)NC(=O)[C@@H]2C[C@@H](O)CN2C(=O)[C@@H](NC(=O)CCc2ccc(-c3ccc(C4=N[C@@H](CC(=O)O)c5nnc(C)n5-c5sc(C)c(C)c54)cc3)s2)C(C)(C)C)cc1. The van der Waals surface area contributed by atoms with Crippen LogP contribution in [-0.4, -0.2) is 89.0 Å². The molecule has 344 valence electrons. The molecule has 4 aromatic heterocycles.